The average Bonchev–Trinajstić information content (AvgIpc) is 2.67. The molecule has 0 aromatic heterocycles. The molecule has 3 aromatic rings. The monoisotopic (exact) mass is 336 g/mol. The summed E-state index contributed by atoms with van der Waals surface area (Å²) in [6.45, 7) is 4.57. The zero-order chi connectivity index (χ0) is 17.5. The minimum Gasteiger partial charge on any atom is -0.121 e. The molecule has 0 nitrogen and oxygen atoms in total. The van der Waals surface area contributed by atoms with Crippen LogP contribution in [0.15, 0.2) is 84.9 Å². The maximum Gasteiger partial charge on any atom is 0.164 e. The van der Waals surface area contributed by atoms with E-state index in [1.165, 1.54) is 5.19 Å². The molecule has 3 rings (SSSR count). The van der Waals surface area contributed by atoms with Gasteiger partial charge in [0.25, 0.3) is 0 Å². The molecule has 0 atom stereocenters. The molecular weight excluding hydrogens is 316 g/mol. The van der Waals surface area contributed by atoms with Crippen molar-refractivity contribution in [2.24, 2.45) is 0 Å². The van der Waals surface area contributed by atoms with Gasteiger partial charge in [0.05, 0.1) is 0 Å². The van der Waals surface area contributed by atoms with Crippen molar-refractivity contribution in [1.82, 2.24) is 0 Å². The van der Waals surface area contributed by atoms with E-state index < -0.39 is 8.07 Å². The first kappa shape index (κ1) is 16.8. The first-order chi connectivity index (χ1) is 12.1. The van der Waals surface area contributed by atoms with Crippen LogP contribution in [0.2, 0.25) is 13.1 Å². The summed E-state index contributed by atoms with van der Waals surface area (Å²) in [5, 5.41) is 1.29. The lowest BCUT2D eigenvalue weighted by atomic mass is 10.2. The molecule has 120 valence electrons. The van der Waals surface area contributed by atoms with Crippen LogP contribution < -0.4 is 5.19 Å². The summed E-state index contributed by atoms with van der Waals surface area (Å²) in [6.07, 6.45) is 0. The average molecular weight is 337 g/mol. The summed E-state index contributed by atoms with van der Waals surface area (Å²) in [5.74, 6) is 9.97. The summed E-state index contributed by atoms with van der Waals surface area (Å²) in [4.78, 5) is 0. The van der Waals surface area contributed by atoms with E-state index in [1.54, 1.807) is 0 Å². The molecule has 1 heteroatoms. The van der Waals surface area contributed by atoms with E-state index in [0.29, 0.717) is 0 Å². The fourth-order valence-electron chi connectivity index (χ4n) is 2.62. The third-order valence-electron chi connectivity index (χ3n) is 4.01. The molecule has 0 amide bonds. The standard InChI is InChI=1S/C24H20Si/c1-25(2,20-19-22-13-7-4-8-14-22)24-16-10-9-15-23(24)18-17-21-11-5-3-6-12-21/h3-16H,1-2H3. The van der Waals surface area contributed by atoms with Crippen molar-refractivity contribution in [3.8, 4) is 23.3 Å². The second kappa shape index (κ2) is 7.71. The summed E-state index contributed by atoms with van der Waals surface area (Å²) in [7, 11) is -1.91. The van der Waals surface area contributed by atoms with Crippen molar-refractivity contribution in [3.05, 3.63) is 102 Å². The highest BCUT2D eigenvalue weighted by Crippen LogP contribution is 2.08. The number of hydrogen-bond acceptors (Lipinski definition) is 0. The predicted octanol–water partition coefficient (Wildman–Crippen LogP) is 4.59. The molecule has 0 spiro atoms. The second-order valence-corrected chi connectivity index (χ2v) is 10.4. The SMILES string of the molecule is C[Si](C)(C#Cc1ccccc1)c1ccccc1C#Cc1ccccc1. The van der Waals surface area contributed by atoms with Crippen LogP contribution in [0.4, 0.5) is 0 Å². The van der Waals surface area contributed by atoms with Gasteiger partial charge in [-0.05, 0) is 35.5 Å². The molecule has 0 heterocycles. The highest BCUT2D eigenvalue weighted by molar-refractivity contribution is 6.96. The maximum absolute atomic E-state index is 3.55. The van der Waals surface area contributed by atoms with Gasteiger partial charge in [0.1, 0.15) is 0 Å². The Hall–Kier alpha value is -3.00. The molecule has 0 saturated heterocycles. The molecule has 0 bridgehead atoms. The quantitative estimate of drug-likeness (QED) is 0.450. The Labute approximate surface area is 151 Å². The van der Waals surface area contributed by atoms with Crippen molar-refractivity contribution < 1.29 is 0 Å². The molecule has 0 fully saturated rings. The highest BCUT2D eigenvalue weighted by Gasteiger charge is 2.23. The van der Waals surface area contributed by atoms with Gasteiger partial charge in [-0.3, -0.25) is 0 Å². The van der Waals surface area contributed by atoms with Gasteiger partial charge in [0.15, 0.2) is 8.07 Å². The van der Waals surface area contributed by atoms with Gasteiger partial charge in [-0.25, -0.2) is 0 Å². The molecule has 0 aliphatic heterocycles. The van der Waals surface area contributed by atoms with Gasteiger partial charge in [-0.15, -0.1) is 5.54 Å². The molecule has 0 unspecified atom stereocenters. The van der Waals surface area contributed by atoms with Gasteiger partial charge in [-0.2, -0.15) is 0 Å². The van der Waals surface area contributed by atoms with Crippen molar-refractivity contribution in [2.45, 2.75) is 13.1 Å². The minimum atomic E-state index is -1.91. The summed E-state index contributed by atoms with van der Waals surface area (Å²) >= 11 is 0. The maximum atomic E-state index is 3.55. The molecule has 3 aromatic carbocycles. The topological polar surface area (TPSA) is 0 Å². The van der Waals surface area contributed by atoms with Crippen molar-refractivity contribution in [3.63, 3.8) is 0 Å². The van der Waals surface area contributed by atoms with E-state index in [1.807, 2.05) is 54.6 Å². The van der Waals surface area contributed by atoms with E-state index >= 15 is 0 Å². The molecule has 0 radical (unpaired) electrons. The Morgan fingerprint density at radius 3 is 1.72 bits per heavy atom. The minimum absolute atomic E-state index is 1.03. The Kier molecular flexibility index (Phi) is 5.19. The van der Waals surface area contributed by atoms with E-state index in [0.717, 1.165) is 16.7 Å². The third-order valence-corrected chi connectivity index (χ3v) is 6.54. The lowest BCUT2D eigenvalue weighted by Crippen LogP contribution is -2.42. The second-order valence-electron chi connectivity index (χ2n) is 6.40. The van der Waals surface area contributed by atoms with Gasteiger partial charge >= 0.3 is 0 Å². The molecular formula is C24H20Si. The zero-order valence-electron chi connectivity index (χ0n) is 14.6. The lowest BCUT2D eigenvalue weighted by molar-refractivity contribution is 1.63. The summed E-state index contributed by atoms with van der Waals surface area (Å²) in [6, 6.07) is 28.7. The Bertz CT molecular complexity index is 962. The van der Waals surface area contributed by atoms with Gasteiger partial charge in [0.2, 0.25) is 0 Å². The number of hydrogen-bond donors (Lipinski definition) is 0. The third kappa shape index (κ3) is 4.51. The van der Waals surface area contributed by atoms with E-state index in [4.69, 9.17) is 0 Å². The Morgan fingerprint density at radius 2 is 1.08 bits per heavy atom. The van der Waals surface area contributed by atoms with E-state index in [9.17, 15) is 0 Å². The molecule has 0 aliphatic rings. The van der Waals surface area contributed by atoms with Crippen LogP contribution in [0.5, 0.6) is 0 Å². The van der Waals surface area contributed by atoms with Crippen LogP contribution in [-0.2, 0) is 0 Å². The Balaban J connectivity index is 1.95. The molecule has 25 heavy (non-hydrogen) atoms. The normalized spacial score (nSPS) is 10.2. The van der Waals surface area contributed by atoms with Crippen molar-refractivity contribution in [1.29, 1.82) is 0 Å². The van der Waals surface area contributed by atoms with Gasteiger partial charge in [0, 0.05) is 16.7 Å². The van der Waals surface area contributed by atoms with Crippen LogP contribution in [0.3, 0.4) is 0 Å². The predicted molar refractivity (Wildman–Crippen MR) is 109 cm³/mol. The van der Waals surface area contributed by atoms with Crippen molar-refractivity contribution >= 4 is 13.3 Å². The van der Waals surface area contributed by atoms with E-state index in [2.05, 4.69) is 66.7 Å². The van der Waals surface area contributed by atoms with Gasteiger partial charge < -0.3 is 0 Å². The first-order valence-corrected chi connectivity index (χ1v) is 11.4. The summed E-state index contributed by atoms with van der Waals surface area (Å²) in [5.41, 5.74) is 6.74. The van der Waals surface area contributed by atoms with Gasteiger partial charge in [-0.1, -0.05) is 85.5 Å². The van der Waals surface area contributed by atoms with Crippen LogP contribution >= 0.6 is 0 Å². The fraction of sp³-hybridized carbons (Fsp3) is 0.0833. The number of rotatable bonds is 1. The smallest absolute Gasteiger partial charge is 0.121 e. The first-order valence-electron chi connectivity index (χ1n) is 8.40. The lowest BCUT2D eigenvalue weighted by Gasteiger charge is -2.17. The fourth-order valence-corrected chi connectivity index (χ4v) is 4.54. The molecule has 0 N–H and O–H groups in total. The molecule has 0 saturated carbocycles. The van der Waals surface area contributed by atoms with Crippen LogP contribution in [-0.4, -0.2) is 8.07 Å². The largest absolute Gasteiger partial charge is 0.164 e. The highest BCUT2D eigenvalue weighted by atomic mass is 28.3. The molecule has 0 aliphatic carbocycles. The van der Waals surface area contributed by atoms with Crippen LogP contribution in [0.25, 0.3) is 0 Å². The number of benzene rings is 3. The zero-order valence-corrected chi connectivity index (χ0v) is 15.6. The summed E-state index contributed by atoms with van der Waals surface area (Å²) < 4.78 is 0. The van der Waals surface area contributed by atoms with Crippen molar-refractivity contribution in [2.75, 3.05) is 0 Å². The van der Waals surface area contributed by atoms with Crippen LogP contribution in [0.1, 0.15) is 16.7 Å². The Morgan fingerprint density at radius 1 is 0.560 bits per heavy atom. The van der Waals surface area contributed by atoms with E-state index in [-0.39, 0.29) is 0 Å². The van der Waals surface area contributed by atoms with Crippen LogP contribution in [0, 0.1) is 23.3 Å².